The number of carbonyl (C=O) groups excluding carboxylic acids is 1. The SMILES string of the molecule is COc1ccc(OC(=O)C(C)F)c(C(C)(C)C)c1. The van der Waals surface area contributed by atoms with Gasteiger partial charge in [0.25, 0.3) is 0 Å². The second-order valence-corrected chi connectivity index (χ2v) is 5.15. The molecule has 0 spiro atoms. The smallest absolute Gasteiger partial charge is 0.345 e. The molecule has 0 aliphatic rings. The lowest BCUT2D eigenvalue weighted by Crippen LogP contribution is -2.21. The summed E-state index contributed by atoms with van der Waals surface area (Å²) in [5.74, 6) is 0.163. The fourth-order valence-electron chi connectivity index (χ4n) is 1.50. The van der Waals surface area contributed by atoms with Crippen molar-refractivity contribution in [3.63, 3.8) is 0 Å². The number of hydrogen-bond acceptors (Lipinski definition) is 3. The number of halogens is 1. The van der Waals surface area contributed by atoms with Crippen LogP contribution in [0.25, 0.3) is 0 Å². The molecule has 1 rings (SSSR count). The van der Waals surface area contributed by atoms with E-state index in [4.69, 9.17) is 9.47 Å². The largest absolute Gasteiger partial charge is 0.497 e. The van der Waals surface area contributed by atoms with Crippen LogP contribution in [0.5, 0.6) is 11.5 Å². The minimum absolute atomic E-state index is 0.232. The number of benzene rings is 1. The minimum Gasteiger partial charge on any atom is -0.497 e. The van der Waals surface area contributed by atoms with Crippen LogP contribution in [0.3, 0.4) is 0 Å². The van der Waals surface area contributed by atoms with Gasteiger partial charge in [0.05, 0.1) is 7.11 Å². The van der Waals surface area contributed by atoms with Crippen LogP contribution in [0.2, 0.25) is 0 Å². The second kappa shape index (κ2) is 5.38. The lowest BCUT2D eigenvalue weighted by atomic mass is 9.86. The molecule has 0 saturated carbocycles. The molecule has 0 fully saturated rings. The van der Waals surface area contributed by atoms with Crippen LogP contribution in [0.4, 0.5) is 4.39 Å². The molecule has 0 aliphatic carbocycles. The molecule has 3 nitrogen and oxygen atoms in total. The third kappa shape index (κ3) is 3.45. The van der Waals surface area contributed by atoms with Crippen molar-refractivity contribution in [1.29, 1.82) is 0 Å². The van der Waals surface area contributed by atoms with E-state index in [0.29, 0.717) is 11.5 Å². The van der Waals surface area contributed by atoms with Gasteiger partial charge in [0.15, 0.2) is 6.17 Å². The number of hydrogen-bond donors (Lipinski definition) is 0. The highest BCUT2D eigenvalue weighted by atomic mass is 19.1. The molecule has 1 unspecified atom stereocenters. The van der Waals surface area contributed by atoms with Crippen molar-refractivity contribution in [2.24, 2.45) is 0 Å². The Kier molecular flexibility index (Phi) is 4.33. The quantitative estimate of drug-likeness (QED) is 0.613. The Morgan fingerprint density at radius 3 is 2.39 bits per heavy atom. The first-order chi connectivity index (χ1) is 8.25. The lowest BCUT2D eigenvalue weighted by Gasteiger charge is -2.23. The van der Waals surface area contributed by atoms with Gasteiger partial charge in [-0.05, 0) is 30.5 Å². The summed E-state index contributed by atoms with van der Waals surface area (Å²) < 4.78 is 23.1. The fraction of sp³-hybridized carbons (Fsp3) is 0.500. The summed E-state index contributed by atoms with van der Waals surface area (Å²) in [5, 5.41) is 0. The zero-order valence-electron chi connectivity index (χ0n) is 11.4. The van der Waals surface area contributed by atoms with Crippen molar-refractivity contribution in [1.82, 2.24) is 0 Å². The Morgan fingerprint density at radius 1 is 1.33 bits per heavy atom. The van der Waals surface area contributed by atoms with Crippen molar-refractivity contribution in [2.45, 2.75) is 39.3 Å². The summed E-state index contributed by atoms with van der Waals surface area (Å²) in [6.07, 6.45) is -1.64. The average molecular weight is 254 g/mol. The van der Waals surface area contributed by atoms with E-state index in [0.717, 1.165) is 12.5 Å². The van der Waals surface area contributed by atoms with Crippen LogP contribution in [-0.4, -0.2) is 19.3 Å². The third-order valence-corrected chi connectivity index (χ3v) is 2.53. The fourth-order valence-corrected chi connectivity index (χ4v) is 1.50. The first-order valence-electron chi connectivity index (χ1n) is 5.80. The van der Waals surface area contributed by atoms with Gasteiger partial charge in [-0.15, -0.1) is 0 Å². The van der Waals surface area contributed by atoms with Crippen LogP contribution in [-0.2, 0) is 10.2 Å². The van der Waals surface area contributed by atoms with Crippen LogP contribution in [0.1, 0.15) is 33.3 Å². The van der Waals surface area contributed by atoms with Gasteiger partial charge >= 0.3 is 5.97 Å². The van der Waals surface area contributed by atoms with E-state index in [1.165, 1.54) is 0 Å². The maximum atomic E-state index is 12.9. The van der Waals surface area contributed by atoms with E-state index in [1.807, 2.05) is 20.8 Å². The molecule has 0 aliphatic heterocycles. The highest BCUT2D eigenvalue weighted by Gasteiger charge is 2.23. The van der Waals surface area contributed by atoms with Gasteiger partial charge in [-0.25, -0.2) is 9.18 Å². The number of ether oxygens (including phenoxy) is 2. The maximum absolute atomic E-state index is 12.9. The van der Waals surface area contributed by atoms with E-state index in [1.54, 1.807) is 25.3 Å². The molecule has 0 aromatic heterocycles. The van der Waals surface area contributed by atoms with E-state index in [9.17, 15) is 9.18 Å². The monoisotopic (exact) mass is 254 g/mol. The van der Waals surface area contributed by atoms with Gasteiger partial charge in [-0.3, -0.25) is 0 Å². The van der Waals surface area contributed by atoms with Gasteiger partial charge in [-0.2, -0.15) is 0 Å². The molecule has 18 heavy (non-hydrogen) atoms. The second-order valence-electron chi connectivity index (χ2n) is 5.15. The van der Waals surface area contributed by atoms with Crippen molar-refractivity contribution < 1.29 is 18.7 Å². The maximum Gasteiger partial charge on any atom is 0.345 e. The number of methoxy groups -OCH3 is 1. The highest BCUT2D eigenvalue weighted by Crippen LogP contribution is 2.34. The van der Waals surface area contributed by atoms with E-state index in [-0.39, 0.29) is 5.41 Å². The summed E-state index contributed by atoms with van der Waals surface area (Å²) in [4.78, 5) is 11.3. The van der Waals surface area contributed by atoms with Crippen LogP contribution >= 0.6 is 0 Å². The minimum atomic E-state index is -1.64. The molecule has 1 atom stereocenters. The van der Waals surface area contributed by atoms with E-state index >= 15 is 0 Å². The van der Waals surface area contributed by atoms with Gasteiger partial charge in [0.2, 0.25) is 0 Å². The van der Waals surface area contributed by atoms with Crippen molar-refractivity contribution in [3.05, 3.63) is 23.8 Å². The molecular formula is C14H19FO3. The summed E-state index contributed by atoms with van der Waals surface area (Å²) in [6, 6.07) is 5.10. The predicted octanol–water partition coefficient (Wildman–Crippen LogP) is 3.26. The molecule has 0 N–H and O–H groups in total. The average Bonchev–Trinajstić information content (AvgIpc) is 2.27. The van der Waals surface area contributed by atoms with Crippen molar-refractivity contribution in [3.8, 4) is 11.5 Å². The van der Waals surface area contributed by atoms with Crippen molar-refractivity contribution in [2.75, 3.05) is 7.11 Å². The topological polar surface area (TPSA) is 35.5 Å². The van der Waals surface area contributed by atoms with Crippen LogP contribution in [0.15, 0.2) is 18.2 Å². The first-order valence-corrected chi connectivity index (χ1v) is 5.80. The van der Waals surface area contributed by atoms with E-state index < -0.39 is 12.1 Å². The Hall–Kier alpha value is -1.58. The number of carbonyl (C=O) groups is 1. The molecule has 0 amide bonds. The standard InChI is InChI=1S/C14H19FO3/c1-9(15)13(16)18-12-7-6-10(17-5)8-11(12)14(2,3)4/h6-9H,1-5H3. The molecule has 4 heteroatoms. The molecule has 0 bridgehead atoms. The third-order valence-electron chi connectivity index (χ3n) is 2.53. The summed E-state index contributed by atoms with van der Waals surface area (Å²) in [7, 11) is 1.57. The van der Waals surface area contributed by atoms with Gasteiger partial charge in [0, 0.05) is 5.56 Å². The Balaban J connectivity index is 3.15. The number of esters is 1. The van der Waals surface area contributed by atoms with Gasteiger partial charge in [0.1, 0.15) is 11.5 Å². The highest BCUT2D eigenvalue weighted by molar-refractivity contribution is 5.77. The Morgan fingerprint density at radius 2 is 1.94 bits per heavy atom. The predicted molar refractivity (Wildman–Crippen MR) is 67.9 cm³/mol. The summed E-state index contributed by atoms with van der Waals surface area (Å²) in [5.41, 5.74) is 0.569. The number of rotatable bonds is 3. The normalized spacial score (nSPS) is 13.0. The first kappa shape index (κ1) is 14.5. The lowest BCUT2D eigenvalue weighted by molar-refractivity contribution is -0.139. The van der Waals surface area contributed by atoms with Crippen LogP contribution in [0, 0.1) is 0 Å². The Labute approximate surface area is 107 Å². The molecule has 100 valence electrons. The van der Waals surface area contributed by atoms with E-state index in [2.05, 4.69) is 0 Å². The molecular weight excluding hydrogens is 235 g/mol. The number of alkyl halides is 1. The Bertz CT molecular complexity index is 433. The summed E-state index contributed by atoms with van der Waals surface area (Å²) >= 11 is 0. The zero-order chi connectivity index (χ0) is 13.9. The van der Waals surface area contributed by atoms with Gasteiger partial charge in [-0.1, -0.05) is 20.8 Å². The summed E-state index contributed by atoms with van der Waals surface area (Å²) in [6.45, 7) is 7.11. The zero-order valence-corrected chi connectivity index (χ0v) is 11.4. The van der Waals surface area contributed by atoms with Gasteiger partial charge < -0.3 is 9.47 Å². The van der Waals surface area contributed by atoms with Crippen molar-refractivity contribution >= 4 is 5.97 Å². The molecule has 0 heterocycles. The molecule has 0 radical (unpaired) electrons. The molecule has 0 saturated heterocycles. The molecule has 1 aromatic carbocycles. The molecule has 1 aromatic rings. The van der Waals surface area contributed by atoms with Crippen LogP contribution < -0.4 is 9.47 Å².